The molecule has 0 fully saturated rings. The van der Waals surface area contributed by atoms with Gasteiger partial charge in [0.2, 0.25) is 0 Å². The molecule has 0 saturated heterocycles. The standard InChI is InChI=1S/C22H23NO4/c1-13-6-8-18(9-7-13)23-15(3)14(2)19-10-11-21(27-17(5)25)20(22(19)23)12-26-16(4)24/h6-11H,12H2,1-5H3. The number of rotatable bonds is 4. The molecule has 140 valence electrons. The van der Waals surface area contributed by atoms with E-state index >= 15 is 0 Å². The van der Waals surface area contributed by atoms with E-state index in [9.17, 15) is 9.59 Å². The van der Waals surface area contributed by atoms with Crippen LogP contribution in [0.25, 0.3) is 16.6 Å². The van der Waals surface area contributed by atoms with E-state index in [1.54, 1.807) is 6.07 Å². The number of ether oxygens (including phenoxy) is 2. The Kier molecular flexibility index (Phi) is 5.04. The van der Waals surface area contributed by atoms with Crippen molar-refractivity contribution in [3.63, 3.8) is 0 Å². The molecule has 0 bridgehead atoms. The lowest BCUT2D eigenvalue weighted by atomic mass is 10.1. The molecule has 5 nitrogen and oxygen atoms in total. The molecular weight excluding hydrogens is 342 g/mol. The van der Waals surface area contributed by atoms with Crippen LogP contribution in [0.5, 0.6) is 5.75 Å². The fourth-order valence-electron chi connectivity index (χ4n) is 3.29. The quantitative estimate of drug-likeness (QED) is 0.503. The second-order valence-electron chi connectivity index (χ2n) is 6.69. The first-order valence-corrected chi connectivity index (χ1v) is 8.82. The molecule has 0 radical (unpaired) electrons. The van der Waals surface area contributed by atoms with Gasteiger partial charge in [-0.05, 0) is 50.6 Å². The average molecular weight is 365 g/mol. The van der Waals surface area contributed by atoms with Gasteiger partial charge in [-0.25, -0.2) is 0 Å². The molecule has 0 aliphatic rings. The van der Waals surface area contributed by atoms with E-state index in [0.717, 1.165) is 27.8 Å². The van der Waals surface area contributed by atoms with Gasteiger partial charge >= 0.3 is 11.9 Å². The predicted molar refractivity (Wildman–Crippen MR) is 104 cm³/mol. The van der Waals surface area contributed by atoms with Crippen LogP contribution in [0.3, 0.4) is 0 Å². The molecule has 1 aromatic heterocycles. The molecule has 2 aromatic carbocycles. The molecule has 0 amide bonds. The second kappa shape index (κ2) is 7.27. The highest BCUT2D eigenvalue weighted by molar-refractivity contribution is 5.92. The minimum absolute atomic E-state index is 0.0318. The zero-order chi connectivity index (χ0) is 19.7. The summed E-state index contributed by atoms with van der Waals surface area (Å²) < 4.78 is 12.8. The van der Waals surface area contributed by atoms with Crippen molar-refractivity contribution in [1.29, 1.82) is 0 Å². The fraction of sp³-hybridized carbons (Fsp3) is 0.273. The van der Waals surface area contributed by atoms with E-state index < -0.39 is 5.97 Å². The number of esters is 2. The van der Waals surface area contributed by atoms with Gasteiger partial charge in [0.25, 0.3) is 0 Å². The first-order chi connectivity index (χ1) is 12.8. The first-order valence-electron chi connectivity index (χ1n) is 8.82. The molecular formula is C22H23NO4. The zero-order valence-electron chi connectivity index (χ0n) is 16.3. The summed E-state index contributed by atoms with van der Waals surface area (Å²) in [4.78, 5) is 23.0. The van der Waals surface area contributed by atoms with Gasteiger partial charge in [0.15, 0.2) is 0 Å². The predicted octanol–water partition coefficient (Wildman–Crippen LogP) is 4.54. The van der Waals surface area contributed by atoms with Gasteiger partial charge in [-0.2, -0.15) is 0 Å². The number of hydrogen-bond acceptors (Lipinski definition) is 4. The Balaban J connectivity index is 2.33. The van der Waals surface area contributed by atoms with Crippen molar-refractivity contribution in [1.82, 2.24) is 4.57 Å². The molecule has 1 heterocycles. The van der Waals surface area contributed by atoms with Crippen LogP contribution in [-0.2, 0) is 20.9 Å². The van der Waals surface area contributed by atoms with Gasteiger partial charge in [-0.3, -0.25) is 9.59 Å². The number of aromatic nitrogens is 1. The molecule has 27 heavy (non-hydrogen) atoms. The summed E-state index contributed by atoms with van der Waals surface area (Å²) in [6, 6.07) is 11.9. The van der Waals surface area contributed by atoms with Crippen molar-refractivity contribution in [2.75, 3.05) is 0 Å². The largest absolute Gasteiger partial charge is 0.461 e. The monoisotopic (exact) mass is 365 g/mol. The maximum atomic E-state index is 11.6. The lowest BCUT2D eigenvalue weighted by molar-refractivity contribution is -0.142. The van der Waals surface area contributed by atoms with Gasteiger partial charge in [-0.15, -0.1) is 0 Å². The number of nitrogens with zero attached hydrogens (tertiary/aromatic N) is 1. The minimum Gasteiger partial charge on any atom is -0.461 e. The lowest BCUT2D eigenvalue weighted by Gasteiger charge is -2.15. The van der Waals surface area contributed by atoms with Crippen LogP contribution >= 0.6 is 0 Å². The molecule has 3 rings (SSSR count). The highest BCUT2D eigenvalue weighted by Gasteiger charge is 2.20. The van der Waals surface area contributed by atoms with Gasteiger partial charge in [0, 0.05) is 30.6 Å². The Morgan fingerprint density at radius 3 is 2.19 bits per heavy atom. The molecule has 0 aliphatic heterocycles. The third kappa shape index (κ3) is 3.58. The molecule has 0 saturated carbocycles. The van der Waals surface area contributed by atoms with Crippen molar-refractivity contribution >= 4 is 22.8 Å². The van der Waals surface area contributed by atoms with E-state index in [1.165, 1.54) is 19.4 Å². The van der Waals surface area contributed by atoms with E-state index in [2.05, 4.69) is 42.7 Å². The second-order valence-corrected chi connectivity index (χ2v) is 6.69. The first kappa shape index (κ1) is 18.7. The number of carbonyl (C=O) groups excluding carboxylic acids is 2. The van der Waals surface area contributed by atoms with Crippen LogP contribution in [0.15, 0.2) is 36.4 Å². The maximum Gasteiger partial charge on any atom is 0.308 e. The van der Waals surface area contributed by atoms with Gasteiger partial charge in [-0.1, -0.05) is 17.7 Å². The van der Waals surface area contributed by atoms with Crippen LogP contribution in [0.2, 0.25) is 0 Å². The summed E-state index contributed by atoms with van der Waals surface area (Å²) in [6.45, 7) is 8.90. The Bertz CT molecular complexity index is 1030. The summed E-state index contributed by atoms with van der Waals surface area (Å²) in [5.41, 5.74) is 5.94. The SMILES string of the molecule is CC(=O)OCc1c(OC(C)=O)ccc2c(C)c(C)n(-c3ccc(C)cc3)c12. The summed E-state index contributed by atoms with van der Waals surface area (Å²) in [5, 5.41) is 1.03. The Morgan fingerprint density at radius 1 is 0.926 bits per heavy atom. The Labute approximate surface area is 158 Å². The van der Waals surface area contributed by atoms with Crippen molar-refractivity contribution in [2.45, 2.75) is 41.2 Å². The molecule has 0 aliphatic carbocycles. The van der Waals surface area contributed by atoms with Crippen LogP contribution in [0.4, 0.5) is 0 Å². The van der Waals surface area contributed by atoms with Gasteiger partial charge in [0.1, 0.15) is 12.4 Å². The lowest BCUT2D eigenvalue weighted by Crippen LogP contribution is -2.08. The summed E-state index contributed by atoms with van der Waals surface area (Å²) in [6.07, 6.45) is 0. The summed E-state index contributed by atoms with van der Waals surface area (Å²) in [7, 11) is 0. The number of hydrogen-bond donors (Lipinski definition) is 0. The van der Waals surface area contributed by atoms with Crippen LogP contribution in [-0.4, -0.2) is 16.5 Å². The maximum absolute atomic E-state index is 11.6. The molecule has 3 aromatic rings. The summed E-state index contributed by atoms with van der Waals surface area (Å²) in [5.74, 6) is -0.398. The van der Waals surface area contributed by atoms with Crippen molar-refractivity contribution in [3.05, 3.63) is 58.8 Å². The van der Waals surface area contributed by atoms with Crippen LogP contribution in [0, 0.1) is 20.8 Å². The zero-order valence-corrected chi connectivity index (χ0v) is 16.3. The minimum atomic E-state index is -0.416. The van der Waals surface area contributed by atoms with Gasteiger partial charge in [0.05, 0.1) is 11.1 Å². The van der Waals surface area contributed by atoms with Crippen molar-refractivity contribution in [3.8, 4) is 11.4 Å². The smallest absolute Gasteiger partial charge is 0.308 e. The number of benzene rings is 2. The average Bonchev–Trinajstić information content (AvgIpc) is 2.85. The Morgan fingerprint density at radius 2 is 1.59 bits per heavy atom. The van der Waals surface area contributed by atoms with Crippen molar-refractivity contribution in [2.24, 2.45) is 0 Å². The van der Waals surface area contributed by atoms with Gasteiger partial charge < -0.3 is 14.0 Å². The summed E-state index contributed by atoms with van der Waals surface area (Å²) >= 11 is 0. The molecule has 0 atom stereocenters. The number of aryl methyl sites for hydroxylation is 2. The topological polar surface area (TPSA) is 57.5 Å². The fourth-order valence-corrected chi connectivity index (χ4v) is 3.29. The normalized spacial score (nSPS) is 10.9. The van der Waals surface area contributed by atoms with E-state index in [-0.39, 0.29) is 12.6 Å². The third-order valence-corrected chi connectivity index (χ3v) is 4.71. The van der Waals surface area contributed by atoms with E-state index in [4.69, 9.17) is 9.47 Å². The molecule has 0 unspecified atom stereocenters. The highest BCUT2D eigenvalue weighted by atomic mass is 16.5. The number of fused-ring (bicyclic) bond motifs is 1. The molecule has 0 N–H and O–H groups in total. The highest BCUT2D eigenvalue weighted by Crippen LogP contribution is 2.36. The van der Waals surface area contributed by atoms with Crippen molar-refractivity contribution < 1.29 is 19.1 Å². The van der Waals surface area contributed by atoms with E-state index in [1.807, 2.05) is 13.0 Å². The molecule has 0 spiro atoms. The molecule has 5 heteroatoms. The van der Waals surface area contributed by atoms with Crippen LogP contribution < -0.4 is 4.74 Å². The van der Waals surface area contributed by atoms with Crippen LogP contribution in [0.1, 0.15) is 36.2 Å². The Hall–Kier alpha value is -3.08. The van der Waals surface area contributed by atoms with E-state index in [0.29, 0.717) is 11.3 Å². The number of carbonyl (C=O) groups is 2. The third-order valence-electron chi connectivity index (χ3n) is 4.71.